The molecule has 0 unspecified atom stereocenters. The number of benzene rings is 2. The molecule has 0 aliphatic rings. The topological polar surface area (TPSA) is 101 Å². The molecule has 27 heavy (non-hydrogen) atoms. The van der Waals surface area contributed by atoms with Crippen LogP contribution in [0.1, 0.15) is 35.2 Å². The van der Waals surface area contributed by atoms with Crippen molar-refractivity contribution < 1.29 is 23.1 Å². The van der Waals surface area contributed by atoms with Gasteiger partial charge in [0.15, 0.2) is 5.78 Å². The molecule has 0 aliphatic carbocycles. The normalized spacial score (nSPS) is 11.3. The second kappa shape index (κ2) is 9.64. The van der Waals surface area contributed by atoms with Crippen LogP contribution < -0.4 is 4.72 Å². The quantitative estimate of drug-likeness (QED) is 0.463. The highest BCUT2D eigenvalue weighted by molar-refractivity contribution is 7.89. The highest BCUT2D eigenvalue weighted by Gasteiger charge is 2.13. The molecule has 0 saturated heterocycles. The second-order valence-corrected chi connectivity index (χ2v) is 8.17. The van der Waals surface area contributed by atoms with Crippen molar-refractivity contribution in [1.82, 2.24) is 4.72 Å². The third-order valence-corrected chi connectivity index (χ3v) is 5.63. The molecule has 0 fully saturated rings. The molecule has 0 bridgehead atoms. The van der Waals surface area contributed by atoms with Gasteiger partial charge in [0, 0.05) is 23.6 Å². The maximum atomic E-state index is 12.2. The number of ketones is 1. The van der Waals surface area contributed by atoms with Gasteiger partial charge in [0.2, 0.25) is 10.0 Å². The van der Waals surface area contributed by atoms with Crippen molar-refractivity contribution in [3.8, 4) is 0 Å². The number of carboxylic acid groups (broad SMARTS) is 1. The number of carbonyl (C=O) groups excluding carboxylic acids is 1. The van der Waals surface area contributed by atoms with Crippen LogP contribution >= 0.6 is 11.6 Å². The zero-order chi connectivity index (χ0) is 19.9. The molecular weight excluding hydrogens is 390 g/mol. The van der Waals surface area contributed by atoms with Crippen LogP contribution in [-0.4, -0.2) is 31.8 Å². The minimum Gasteiger partial charge on any atom is -0.481 e. The molecule has 0 saturated carbocycles. The summed E-state index contributed by atoms with van der Waals surface area (Å²) in [6.45, 7) is 0.282. The maximum Gasteiger partial charge on any atom is 0.303 e. The summed E-state index contributed by atoms with van der Waals surface area (Å²) in [4.78, 5) is 22.5. The number of sulfonamides is 1. The molecule has 0 aliphatic heterocycles. The Hall–Kier alpha value is -2.22. The first-order valence-electron chi connectivity index (χ1n) is 8.37. The molecule has 6 nitrogen and oxygen atoms in total. The number of rotatable bonds is 10. The van der Waals surface area contributed by atoms with Crippen molar-refractivity contribution in [1.29, 1.82) is 0 Å². The minimum atomic E-state index is -3.56. The molecule has 8 heteroatoms. The zero-order valence-electron chi connectivity index (χ0n) is 14.5. The average Bonchev–Trinajstić information content (AvgIpc) is 2.64. The van der Waals surface area contributed by atoms with E-state index in [9.17, 15) is 18.0 Å². The fourth-order valence-electron chi connectivity index (χ4n) is 2.42. The smallest absolute Gasteiger partial charge is 0.303 e. The van der Waals surface area contributed by atoms with Gasteiger partial charge in [0.05, 0.1) is 11.3 Å². The zero-order valence-corrected chi connectivity index (χ0v) is 16.1. The Morgan fingerprint density at radius 2 is 1.59 bits per heavy atom. The first-order valence-corrected chi connectivity index (χ1v) is 10.2. The number of hydrogen-bond donors (Lipinski definition) is 2. The van der Waals surface area contributed by atoms with Gasteiger partial charge in [-0.3, -0.25) is 9.59 Å². The maximum absolute atomic E-state index is 12.2. The fourth-order valence-corrected chi connectivity index (χ4v) is 3.62. The minimum absolute atomic E-state index is 0.0266. The van der Waals surface area contributed by atoms with Crippen molar-refractivity contribution in [2.75, 3.05) is 6.54 Å². The van der Waals surface area contributed by atoms with E-state index >= 15 is 0 Å². The Morgan fingerprint density at radius 1 is 0.963 bits per heavy atom. The number of carboxylic acids is 1. The molecule has 2 aromatic rings. The van der Waals surface area contributed by atoms with E-state index in [1.165, 1.54) is 24.3 Å². The van der Waals surface area contributed by atoms with Gasteiger partial charge in [-0.15, -0.1) is 0 Å². The lowest BCUT2D eigenvalue weighted by atomic mass is 10.0. The molecule has 2 aromatic carbocycles. The first-order chi connectivity index (χ1) is 12.8. The van der Waals surface area contributed by atoms with E-state index in [-0.39, 0.29) is 30.1 Å². The monoisotopic (exact) mass is 409 g/mol. The van der Waals surface area contributed by atoms with Crippen LogP contribution in [0.3, 0.4) is 0 Å². The second-order valence-electron chi connectivity index (χ2n) is 5.97. The largest absolute Gasteiger partial charge is 0.481 e. The lowest BCUT2D eigenvalue weighted by molar-refractivity contribution is -0.136. The van der Waals surface area contributed by atoms with Crippen molar-refractivity contribution in [2.24, 2.45) is 0 Å². The first kappa shape index (κ1) is 21.1. The van der Waals surface area contributed by atoms with Crippen molar-refractivity contribution in [3.63, 3.8) is 0 Å². The Bertz CT molecular complexity index is 893. The standard InChI is InChI=1S/C19H20ClNO5S/c20-16-7-9-17(10-8-16)27(25,26)21-13-1-2-14-3-5-15(6-4-14)18(22)11-12-19(23)24/h3-10,21H,1-2,11-13H2,(H,23,24). The number of halogens is 1. The van der Waals surface area contributed by atoms with Crippen LogP contribution in [0.15, 0.2) is 53.4 Å². The Labute approximate surface area is 163 Å². The molecule has 0 aromatic heterocycles. The molecule has 2 rings (SSSR count). The van der Waals surface area contributed by atoms with Crippen LogP contribution in [0, 0.1) is 0 Å². The van der Waals surface area contributed by atoms with Crippen LogP contribution in [0.2, 0.25) is 5.02 Å². The summed E-state index contributed by atoms with van der Waals surface area (Å²) < 4.78 is 26.8. The number of hydrogen-bond acceptors (Lipinski definition) is 4. The third-order valence-electron chi connectivity index (χ3n) is 3.90. The average molecular weight is 410 g/mol. The molecule has 0 amide bonds. The molecular formula is C19H20ClNO5S. The van der Waals surface area contributed by atoms with Gasteiger partial charge in [0.1, 0.15) is 0 Å². The van der Waals surface area contributed by atoms with Gasteiger partial charge >= 0.3 is 5.97 Å². The third kappa shape index (κ3) is 6.78. The molecule has 0 atom stereocenters. The summed E-state index contributed by atoms with van der Waals surface area (Å²) in [7, 11) is -3.56. The van der Waals surface area contributed by atoms with Crippen molar-refractivity contribution in [2.45, 2.75) is 30.6 Å². The summed E-state index contributed by atoms with van der Waals surface area (Å²) >= 11 is 5.76. The predicted octanol–water partition coefficient (Wildman–Crippen LogP) is 3.30. The molecule has 0 spiro atoms. The Kier molecular flexibility index (Phi) is 7.53. The highest BCUT2D eigenvalue weighted by atomic mass is 35.5. The van der Waals surface area contributed by atoms with Crippen LogP contribution in [-0.2, 0) is 21.2 Å². The van der Waals surface area contributed by atoms with E-state index in [2.05, 4.69) is 4.72 Å². The highest BCUT2D eigenvalue weighted by Crippen LogP contribution is 2.14. The fraction of sp³-hybridized carbons (Fsp3) is 0.263. The molecule has 0 radical (unpaired) electrons. The predicted molar refractivity (Wildman–Crippen MR) is 103 cm³/mol. The Morgan fingerprint density at radius 3 is 2.19 bits per heavy atom. The van der Waals surface area contributed by atoms with Gasteiger partial charge < -0.3 is 5.11 Å². The summed E-state index contributed by atoms with van der Waals surface area (Å²) in [5, 5.41) is 9.08. The van der Waals surface area contributed by atoms with E-state index in [4.69, 9.17) is 16.7 Å². The van der Waals surface area contributed by atoms with Crippen molar-refractivity contribution >= 4 is 33.4 Å². The number of aliphatic carboxylic acids is 1. The molecule has 2 N–H and O–H groups in total. The van der Waals surface area contributed by atoms with Gasteiger partial charge in [-0.25, -0.2) is 13.1 Å². The van der Waals surface area contributed by atoms with Crippen LogP contribution in [0.4, 0.5) is 0 Å². The summed E-state index contributed by atoms with van der Waals surface area (Å²) in [6, 6.07) is 12.9. The number of carbonyl (C=O) groups is 2. The summed E-state index contributed by atoms with van der Waals surface area (Å²) in [5.74, 6) is -1.21. The summed E-state index contributed by atoms with van der Waals surface area (Å²) in [5.41, 5.74) is 1.44. The molecule has 144 valence electrons. The van der Waals surface area contributed by atoms with Crippen LogP contribution in [0.25, 0.3) is 0 Å². The van der Waals surface area contributed by atoms with E-state index in [0.717, 1.165) is 5.56 Å². The van der Waals surface area contributed by atoms with Gasteiger partial charge in [0.25, 0.3) is 0 Å². The molecule has 0 heterocycles. The van der Waals surface area contributed by atoms with E-state index in [1.54, 1.807) is 24.3 Å². The van der Waals surface area contributed by atoms with E-state index < -0.39 is 16.0 Å². The SMILES string of the molecule is O=C(O)CCC(=O)c1ccc(CCCNS(=O)(=O)c2ccc(Cl)cc2)cc1. The van der Waals surface area contributed by atoms with E-state index in [0.29, 0.717) is 23.4 Å². The lowest BCUT2D eigenvalue weighted by Gasteiger charge is -2.07. The van der Waals surface area contributed by atoms with Crippen LogP contribution in [0.5, 0.6) is 0 Å². The number of aryl methyl sites for hydroxylation is 1. The van der Waals surface area contributed by atoms with Gasteiger partial charge in [-0.1, -0.05) is 35.9 Å². The number of nitrogens with one attached hydrogen (secondary N) is 1. The summed E-state index contributed by atoms with van der Waals surface area (Å²) in [6.07, 6.45) is 1.03. The van der Waals surface area contributed by atoms with E-state index in [1.807, 2.05) is 0 Å². The van der Waals surface area contributed by atoms with Crippen molar-refractivity contribution in [3.05, 3.63) is 64.7 Å². The van der Waals surface area contributed by atoms with Gasteiger partial charge in [-0.2, -0.15) is 0 Å². The lowest BCUT2D eigenvalue weighted by Crippen LogP contribution is -2.25. The van der Waals surface area contributed by atoms with Gasteiger partial charge in [-0.05, 0) is 42.7 Å². The Balaban J connectivity index is 1.80. The number of Topliss-reactive ketones (excluding diaryl/α,β-unsaturated/α-hetero) is 1.